The number of carbonyl (C=O) groups excluding carboxylic acids is 1. The Labute approximate surface area is 79.5 Å². The molecule has 0 saturated carbocycles. The maximum absolute atomic E-state index is 11.3. The first-order chi connectivity index (χ1) is 5.99. The van der Waals surface area contributed by atoms with Gasteiger partial charge in [-0.3, -0.25) is 4.79 Å². The van der Waals surface area contributed by atoms with Gasteiger partial charge >= 0.3 is 0 Å². The molecule has 1 aliphatic heterocycles. The van der Waals surface area contributed by atoms with Crippen molar-refractivity contribution in [1.82, 2.24) is 4.31 Å². The minimum absolute atomic E-state index is 0.0861. The number of amides is 1. The van der Waals surface area contributed by atoms with Crippen LogP contribution < -0.4 is 5.73 Å². The summed E-state index contributed by atoms with van der Waals surface area (Å²) in [6.45, 7) is 2.33. The van der Waals surface area contributed by atoms with Gasteiger partial charge in [0.05, 0.1) is 11.0 Å². The van der Waals surface area contributed by atoms with E-state index in [4.69, 9.17) is 5.73 Å². The molecular formula is C7H14N2O3S. The second-order valence-electron chi connectivity index (χ2n) is 3.12. The Hall–Kier alpha value is -0.460. The second-order valence-corrected chi connectivity index (χ2v) is 4.86. The lowest BCUT2D eigenvalue weighted by atomic mass is 10.0. The molecule has 0 bridgehead atoms. The summed E-state index contributed by atoms with van der Waals surface area (Å²) in [6.07, 6.45) is 0.272. The SMILES string of the molecule is CCS(=O)N1CCC(O)(C(N)=O)C1. The molecule has 13 heavy (non-hydrogen) atoms. The molecule has 1 rings (SSSR count). The number of primary amides is 1. The molecule has 0 aromatic carbocycles. The number of nitrogens with zero attached hydrogens (tertiary/aromatic N) is 1. The van der Waals surface area contributed by atoms with E-state index in [-0.39, 0.29) is 13.0 Å². The van der Waals surface area contributed by atoms with Gasteiger partial charge in [-0.25, -0.2) is 8.51 Å². The van der Waals surface area contributed by atoms with E-state index in [0.29, 0.717) is 12.3 Å². The van der Waals surface area contributed by atoms with Gasteiger partial charge in [0.25, 0.3) is 5.91 Å². The summed E-state index contributed by atoms with van der Waals surface area (Å²) in [5.41, 5.74) is 3.54. The fourth-order valence-corrected chi connectivity index (χ4v) is 2.33. The van der Waals surface area contributed by atoms with Crippen molar-refractivity contribution in [1.29, 1.82) is 0 Å². The zero-order valence-electron chi connectivity index (χ0n) is 7.52. The molecule has 1 heterocycles. The van der Waals surface area contributed by atoms with Gasteiger partial charge in [-0.15, -0.1) is 0 Å². The summed E-state index contributed by atoms with van der Waals surface area (Å²) in [4.78, 5) is 10.8. The van der Waals surface area contributed by atoms with E-state index in [1.54, 1.807) is 11.2 Å². The molecule has 2 atom stereocenters. The second kappa shape index (κ2) is 3.73. The number of hydrogen-bond donors (Lipinski definition) is 2. The quantitative estimate of drug-likeness (QED) is 0.595. The molecule has 1 amide bonds. The van der Waals surface area contributed by atoms with Crippen molar-refractivity contribution in [3.05, 3.63) is 0 Å². The van der Waals surface area contributed by atoms with Crippen LogP contribution >= 0.6 is 0 Å². The highest BCUT2D eigenvalue weighted by Gasteiger charge is 2.42. The average Bonchev–Trinajstić information content (AvgIpc) is 2.48. The first-order valence-corrected chi connectivity index (χ1v) is 5.43. The summed E-state index contributed by atoms with van der Waals surface area (Å²) < 4.78 is 12.9. The predicted octanol–water partition coefficient (Wildman–Crippen LogP) is -1.41. The van der Waals surface area contributed by atoms with Crippen molar-refractivity contribution in [2.75, 3.05) is 18.8 Å². The Balaban J connectivity index is 2.63. The molecule has 0 aromatic heterocycles. The highest BCUT2D eigenvalue weighted by molar-refractivity contribution is 7.82. The van der Waals surface area contributed by atoms with E-state index in [1.807, 2.05) is 0 Å². The van der Waals surface area contributed by atoms with Crippen LogP contribution in [0.1, 0.15) is 13.3 Å². The van der Waals surface area contributed by atoms with Crippen molar-refractivity contribution < 1.29 is 14.1 Å². The lowest BCUT2D eigenvalue weighted by molar-refractivity contribution is -0.134. The highest BCUT2D eigenvalue weighted by Crippen LogP contribution is 2.21. The van der Waals surface area contributed by atoms with Gasteiger partial charge in [0.1, 0.15) is 0 Å². The number of carbonyl (C=O) groups is 1. The average molecular weight is 206 g/mol. The molecule has 0 spiro atoms. The Morgan fingerprint density at radius 2 is 2.38 bits per heavy atom. The van der Waals surface area contributed by atoms with Crippen LogP contribution in [0.5, 0.6) is 0 Å². The van der Waals surface area contributed by atoms with Crippen LogP contribution in [-0.2, 0) is 15.8 Å². The number of rotatable bonds is 3. The van der Waals surface area contributed by atoms with Gasteiger partial charge in [-0.2, -0.15) is 0 Å². The van der Waals surface area contributed by atoms with E-state index in [0.717, 1.165) is 0 Å². The standard InChI is InChI=1S/C7H14N2O3S/c1-2-13(12)9-4-3-7(11,5-9)6(8)10/h11H,2-5H2,1H3,(H2,8,10). The number of hydrogen-bond acceptors (Lipinski definition) is 3. The molecule has 1 saturated heterocycles. The molecule has 1 aliphatic rings. The molecule has 76 valence electrons. The predicted molar refractivity (Wildman–Crippen MR) is 49.0 cm³/mol. The molecule has 0 radical (unpaired) electrons. The van der Waals surface area contributed by atoms with E-state index in [1.165, 1.54) is 0 Å². The Kier molecular flexibility index (Phi) is 3.05. The minimum atomic E-state index is -1.48. The summed E-state index contributed by atoms with van der Waals surface area (Å²) >= 11 is 0. The van der Waals surface area contributed by atoms with Crippen molar-refractivity contribution in [2.24, 2.45) is 5.73 Å². The largest absolute Gasteiger partial charge is 0.379 e. The summed E-state index contributed by atoms with van der Waals surface area (Å²) in [5.74, 6) is -0.238. The molecule has 0 aliphatic carbocycles. The number of nitrogens with two attached hydrogens (primary N) is 1. The van der Waals surface area contributed by atoms with Crippen LogP contribution in [0.2, 0.25) is 0 Å². The molecule has 0 aromatic rings. The summed E-state index contributed by atoms with van der Waals surface area (Å²) in [6, 6.07) is 0. The smallest absolute Gasteiger partial charge is 0.250 e. The Morgan fingerprint density at radius 3 is 2.77 bits per heavy atom. The molecule has 6 heteroatoms. The lowest BCUT2D eigenvalue weighted by Crippen LogP contribution is -2.46. The summed E-state index contributed by atoms with van der Waals surface area (Å²) in [7, 11) is -1.10. The van der Waals surface area contributed by atoms with Crippen molar-refractivity contribution in [3.63, 3.8) is 0 Å². The van der Waals surface area contributed by atoms with Crippen LogP contribution in [0.15, 0.2) is 0 Å². The van der Waals surface area contributed by atoms with Crippen molar-refractivity contribution >= 4 is 16.9 Å². The Bertz CT molecular complexity index is 246. The van der Waals surface area contributed by atoms with Crippen molar-refractivity contribution in [3.8, 4) is 0 Å². The Morgan fingerprint density at radius 1 is 1.77 bits per heavy atom. The van der Waals surface area contributed by atoms with Crippen molar-refractivity contribution in [2.45, 2.75) is 18.9 Å². The van der Waals surface area contributed by atoms with E-state index < -0.39 is 22.5 Å². The van der Waals surface area contributed by atoms with Gasteiger partial charge in [-0.1, -0.05) is 6.92 Å². The summed E-state index contributed by atoms with van der Waals surface area (Å²) in [5, 5.41) is 9.63. The third-order valence-electron chi connectivity index (χ3n) is 2.21. The minimum Gasteiger partial charge on any atom is -0.379 e. The van der Waals surface area contributed by atoms with Gasteiger partial charge in [0.15, 0.2) is 5.60 Å². The van der Waals surface area contributed by atoms with Gasteiger partial charge in [-0.05, 0) is 0 Å². The van der Waals surface area contributed by atoms with E-state index >= 15 is 0 Å². The zero-order valence-corrected chi connectivity index (χ0v) is 8.34. The normalized spacial score (nSPS) is 31.8. The van der Waals surface area contributed by atoms with E-state index in [9.17, 15) is 14.1 Å². The topological polar surface area (TPSA) is 83.6 Å². The maximum atomic E-state index is 11.3. The number of β-amino-alcohol motifs (C(OH)–C–C–N with tert-alkyl or cyclic N) is 1. The molecule has 1 fully saturated rings. The lowest BCUT2D eigenvalue weighted by Gasteiger charge is -2.18. The monoisotopic (exact) mass is 206 g/mol. The molecule has 2 unspecified atom stereocenters. The van der Waals surface area contributed by atoms with Crippen LogP contribution in [0, 0.1) is 0 Å². The molecular weight excluding hydrogens is 192 g/mol. The highest BCUT2D eigenvalue weighted by atomic mass is 32.2. The third-order valence-corrected chi connectivity index (χ3v) is 3.59. The first-order valence-electron chi connectivity index (χ1n) is 4.15. The number of aliphatic hydroxyl groups is 1. The fourth-order valence-electron chi connectivity index (χ4n) is 1.32. The van der Waals surface area contributed by atoms with Crippen LogP contribution in [0.25, 0.3) is 0 Å². The fraction of sp³-hybridized carbons (Fsp3) is 0.857. The maximum Gasteiger partial charge on any atom is 0.250 e. The van der Waals surface area contributed by atoms with Gasteiger partial charge in [0.2, 0.25) is 0 Å². The molecule has 5 nitrogen and oxygen atoms in total. The van der Waals surface area contributed by atoms with Gasteiger partial charge < -0.3 is 10.8 Å². The zero-order chi connectivity index (χ0) is 10.1. The van der Waals surface area contributed by atoms with Crippen LogP contribution in [0.4, 0.5) is 0 Å². The molecule has 3 N–H and O–H groups in total. The van der Waals surface area contributed by atoms with Gasteiger partial charge in [0, 0.05) is 25.3 Å². The van der Waals surface area contributed by atoms with E-state index in [2.05, 4.69) is 0 Å². The third kappa shape index (κ3) is 2.07. The first kappa shape index (κ1) is 10.6. The van der Waals surface area contributed by atoms with Crippen LogP contribution in [0.3, 0.4) is 0 Å². The van der Waals surface area contributed by atoms with Crippen LogP contribution in [-0.4, -0.2) is 44.0 Å².